The summed E-state index contributed by atoms with van der Waals surface area (Å²) in [7, 11) is 0. The van der Waals surface area contributed by atoms with Crippen LogP contribution in [-0.2, 0) is 12.3 Å². The number of hydrogen-bond acceptors (Lipinski definition) is 6. The van der Waals surface area contributed by atoms with Crippen molar-refractivity contribution in [3.8, 4) is 5.69 Å². The van der Waals surface area contributed by atoms with Crippen LogP contribution in [0.1, 0.15) is 36.3 Å². The van der Waals surface area contributed by atoms with Crippen molar-refractivity contribution >= 4 is 17.4 Å². The summed E-state index contributed by atoms with van der Waals surface area (Å²) in [5.74, 6) is 1.02. The highest BCUT2D eigenvalue weighted by atomic mass is 32.2. The zero-order valence-electron chi connectivity index (χ0n) is 18.4. The van der Waals surface area contributed by atoms with E-state index in [-0.39, 0.29) is 11.4 Å². The smallest absolute Gasteiger partial charge is 0.258 e. The zero-order chi connectivity index (χ0) is 22.8. The Labute approximate surface area is 195 Å². The zero-order valence-corrected chi connectivity index (χ0v) is 19.3. The van der Waals surface area contributed by atoms with Crippen LogP contribution in [0, 0.1) is 12.7 Å². The van der Waals surface area contributed by atoms with Crippen LogP contribution in [0.15, 0.2) is 58.6 Å². The first-order valence-corrected chi connectivity index (χ1v) is 12.1. The fraction of sp³-hybridized carbons (Fsp3) is 0.333. The number of nitrogens with zero attached hydrogens (tertiary/aromatic N) is 6. The summed E-state index contributed by atoms with van der Waals surface area (Å²) in [5, 5.41) is 9.60. The molecule has 7 nitrogen and oxygen atoms in total. The van der Waals surface area contributed by atoms with Gasteiger partial charge in [0.05, 0.1) is 12.2 Å². The van der Waals surface area contributed by atoms with Gasteiger partial charge in [-0.15, -0.1) is 10.2 Å². The van der Waals surface area contributed by atoms with Crippen molar-refractivity contribution < 1.29 is 4.39 Å². The van der Waals surface area contributed by atoms with Gasteiger partial charge in [-0.2, -0.15) is 0 Å². The van der Waals surface area contributed by atoms with E-state index < -0.39 is 0 Å². The van der Waals surface area contributed by atoms with E-state index in [9.17, 15) is 9.18 Å². The molecular formula is C24H25FN6OS. The fourth-order valence-corrected chi connectivity index (χ4v) is 5.00. The second-order valence-electron chi connectivity index (χ2n) is 8.36. The predicted octanol–water partition coefficient (Wildman–Crippen LogP) is 4.00. The Morgan fingerprint density at radius 1 is 1.03 bits per heavy atom. The molecule has 0 atom stereocenters. The fourth-order valence-electron chi connectivity index (χ4n) is 4.13. The summed E-state index contributed by atoms with van der Waals surface area (Å²) >= 11 is 1.47. The van der Waals surface area contributed by atoms with Gasteiger partial charge in [0.25, 0.3) is 5.56 Å². The van der Waals surface area contributed by atoms with Crippen LogP contribution in [0.3, 0.4) is 0 Å². The normalized spacial score (nSPS) is 14.7. The monoisotopic (exact) mass is 464 g/mol. The first kappa shape index (κ1) is 21.8. The van der Waals surface area contributed by atoms with Crippen LogP contribution in [0.4, 0.5) is 4.39 Å². The molecule has 0 saturated carbocycles. The van der Waals surface area contributed by atoms with Gasteiger partial charge in [0.15, 0.2) is 11.0 Å². The number of aryl methyl sites for hydroxylation is 1. The highest BCUT2D eigenvalue weighted by Crippen LogP contribution is 2.26. The Morgan fingerprint density at radius 2 is 1.82 bits per heavy atom. The van der Waals surface area contributed by atoms with Gasteiger partial charge in [0.1, 0.15) is 11.5 Å². The van der Waals surface area contributed by atoms with Crippen molar-refractivity contribution in [2.45, 2.75) is 43.6 Å². The summed E-state index contributed by atoms with van der Waals surface area (Å²) in [5.41, 5.74) is 3.01. The van der Waals surface area contributed by atoms with Crippen molar-refractivity contribution in [1.82, 2.24) is 29.0 Å². The van der Waals surface area contributed by atoms with Gasteiger partial charge in [-0.25, -0.2) is 9.37 Å². The summed E-state index contributed by atoms with van der Waals surface area (Å²) in [6.07, 6.45) is 5.43. The molecule has 170 valence electrons. The van der Waals surface area contributed by atoms with Crippen molar-refractivity contribution in [2.75, 3.05) is 13.1 Å². The molecule has 0 N–H and O–H groups in total. The van der Waals surface area contributed by atoms with Crippen LogP contribution in [0.2, 0.25) is 0 Å². The number of halogens is 1. The SMILES string of the molecule is Cc1ccc2nc(CSc3nnc(CN4CCCCC4)n3-c3ccc(F)cc3)cc(=O)n2c1. The molecule has 0 spiro atoms. The van der Waals surface area contributed by atoms with Gasteiger partial charge in [0.2, 0.25) is 0 Å². The van der Waals surface area contributed by atoms with Gasteiger partial charge in [-0.05, 0) is 68.8 Å². The minimum atomic E-state index is -0.283. The third kappa shape index (κ3) is 4.84. The number of thioether (sulfide) groups is 1. The summed E-state index contributed by atoms with van der Waals surface area (Å²) < 4.78 is 17.1. The van der Waals surface area contributed by atoms with E-state index in [0.717, 1.165) is 30.2 Å². The van der Waals surface area contributed by atoms with Crippen molar-refractivity contribution in [3.05, 3.63) is 81.9 Å². The lowest BCUT2D eigenvalue weighted by Gasteiger charge is -2.26. The summed E-state index contributed by atoms with van der Waals surface area (Å²) in [6.45, 7) is 4.73. The Bertz CT molecular complexity index is 1330. The van der Waals surface area contributed by atoms with Crippen LogP contribution >= 0.6 is 11.8 Å². The highest BCUT2D eigenvalue weighted by molar-refractivity contribution is 7.98. The lowest BCUT2D eigenvalue weighted by atomic mass is 10.1. The first-order chi connectivity index (χ1) is 16.1. The largest absolute Gasteiger partial charge is 0.296 e. The molecule has 0 radical (unpaired) electrons. The lowest BCUT2D eigenvalue weighted by Crippen LogP contribution is -2.30. The molecule has 4 aromatic rings. The third-order valence-electron chi connectivity index (χ3n) is 5.81. The average Bonchev–Trinajstić information content (AvgIpc) is 3.21. The van der Waals surface area contributed by atoms with Crippen molar-refractivity contribution in [2.24, 2.45) is 0 Å². The maximum absolute atomic E-state index is 13.6. The van der Waals surface area contributed by atoms with E-state index in [1.165, 1.54) is 43.2 Å². The van der Waals surface area contributed by atoms with Gasteiger partial charge in [0, 0.05) is 23.7 Å². The molecule has 1 aromatic carbocycles. The number of likely N-dealkylation sites (tertiary alicyclic amines) is 1. The van der Waals surface area contributed by atoms with Gasteiger partial charge < -0.3 is 0 Å². The summed E-state index contributed by atoms with van der Waals surface area (Å²) in [6, 6.07) is 11.7. The quantitative estimate of drug-likeness (QED) is 0.402. The Hall–Kier alpha value is -3.04. The number of piperidine rings is 1. The van der Waals surface area contributed by atoms with E-state index >= 15 is 0 Å². The molecule has 1 saturated heterocycles. The molecule has 33 heavy (non-hydrogen) atoms. The van der Waals surface area contributed by atoms with Crippen molar-refractivity contribution in [1.29, 1.82) is 0 Å². The lowest BCUT2D eigenvalue weighted by molar-refractivity contribution is 0.214. The van der Waals surface area contributed by atoms with E-state index in [1.54, 1.807) is 28.8 Å². The molecule has 1 aliphatic heterocycles. The minimum Gasteiger partial charge on any atom is -0.296 e. The molecule has 0 bridgehead atoms. The Kier molecular flexibility index (Phi) is 6.24. The molecule has 1 aliphatic rings. The van der Waals surface area contributed by atoms with Crippen LogP contribution in [-0.4, -0.2) is 42.1 Å². The minimum absolute atomic E-state index is 0.106. The predicted molar refractivity (Wildman–Crippen MR) is 126 cm³/mol. The number of benzene rings is 1. The Balaban J connectivity index is 1.43. The standard InChI is InChI=1S/C24H25FN6OS/c1-17-5-10-21-26-19(13-23(32)30(21)14-17)16-33-24-28-27-22(15-29-11-3-2-4-12-29)31(24)20-8-6-18(25)7-9-20/h5-10,13-14H,2-4,11-12,15-16H2,1H3. The Morgan fingerprint density at radius 3 is 2.61 bits per heavy atom. The second kappa shape index (κ2) is 9.44. The highest BCUT2D eigenvalue weighted by Gasteiger charge is 2.19. The van der Waals surface area contributed by atoms with E-state index in [2.05, 4.69) is 20.1 Å². The molecule has 3 aromatic heterocycles. The number of hydrogen-bond donors (Lipinski definition) is 0. The molecule has 4 heterocycles. The van der Waals surface area contributed by atoms with E-state index in [1.807, 2.05) is 23.6 Å². The van der Waals surface area contributed by atoms with Crippen LogP contribution in [0.25, 0.3) is 11.3 Å². The molecule has 0 unspecified atom stereocenters. The molecule has 1 fully saturated rings. The van der Waals surface area contributed by atoms with Crippen molar-refractivity contribution in [3.63, 3.8) is 0 Å². The molecule has 0 aliphatic carbocycles. The number of fused-ring (bicyclic) bond motifs is 1. The molecule has 9 heteroatoms. The summed E-state index contributed by atoms with van der Waals surface area (Å²) in [4.78, 5) is 19.6. The van der Waals surface area contributed by atoms with Gasteiger partial charge in [-0.1, -0.05) is 24.2 Å². The van der Waals surface area contributed by atoms with E-state index in [0.29, 0.717) is 28.8 Å². The molecule has 5 rings (SSSR count). The number of aromatic nitrogens is 5. The third-order valence-corrected chi connectivity index (χ3v) is 6.77. The first-order valence-electron chi connectivity index (χ1n) is 11.1. The maximum Gasteiger partial charge on any atom is 0.258 e. The van der Waals surface area contributed by atoms with Gasteiger partial charge >= 0.3 is 0 Å². The second-order valence-corrected chi connectivity index (χ2v) is 9.30. The number of rotatable bonds is 6. The van der Waals surface area contributed by atoms with E-state index in [4.69, 9.17) is 0 Å². The maximum atomic E-state index is 13.6. The number of pyridine rings is 1. The van der Waals surface area contributed by atoms with Crippen LogP contribution in [0.5, 0.6) is 0 Å². The molecular weight excluding hydrogens is 439 g/mol. The van der Waals surface area contributed by atoms with Crippen LogP contribution < -0.4 is 5.56 Å². The topological polar surface area (TPSA) is 68.3 Å². The molecule has 0 amide bonds. The van der Waals surface area contributed by atoms with Gasteiger partial charge in [-0.3, -0.25) is 18.7 Å². The average molecular weight is 465 g/mol.